The van der Waals surface area contributed by atoms with E-state index in [-0.39, 0.29) is 24.3 Å². The summed E-state index contributed by atoms with van der Waals surface area (Å²) in [6.45, 7) is 0.211. The first-order valence-electron chi connectivity index (χ1n) is 9.26. The van der Waals surface area contributed by atoms with Gasteiger partial charge in [0.15, 0.2) is 5.84 Å². The van der Waals surface area contributed by atoms with Crippen LogP contribution < -0.4 is 5.73 Å². The van der Waals surface area contributed by atoms with Gasteiger partial charge in [0.2, 0.25) is 5.95 Å². The number of hydrogen-bond acceptors (Lipinski definition) is 5. The van der Waals surface area contributed by atoms with Crippen LogP contribution >= 0.6 is 11.6 Å². The Hall–Kier alpha value is -2.94. The van der Waals surface area contributed by atoms with Crippen LogP contribution in [0, 0.1) is 11.9 Å². The summed E-state index contributed by atoms with van der Waals surface area (Å²) in [5, 5.41) is 4.13. The smallest absolute Gasteiger partial charge is 0.339 e. The lowest BCUT2D eigenvalue weighted by molar-refractivity contribution is -0.150. The van der Waals surface area contributed by atoms with Gasteiger partial charge in [-0.25, -0.2) is 9.78 Å². The van der Waals surface area contributed by atoms with Crippen LogP contribution in [0.3, 0.4) is 0 Å². The number of halogens is 2. The molecule has 4 rings (SSSR count). The molecule has 2 aromatic heterocycles. The largest absolute Gasteiger partial charge is 0.379 e. The number of aromatic nitrogens is 2. The van der Waals surface area contributed by atoms with Gasteiger partial charge in [-0.2, -0.15) is 4.39 Å². The zero-order valence-corrected chi connectivity index (χ0v) is 16.2. The number of rotatable bonds is 3. The summed E-state index contributed by atoms with van der Waals surface area (Å²) < 4.78 is 13.4. The van der Waals surface area contributed by atoms with E-state index in [4.69, 9.17) is 22.2 Å². The highest BCUT2D eigenvalue weighted by molar-refractivity contribution is 6.31. The molecule has 2 aliphatic heterocycles. The number of amidine groups is 1. The number of H-pyrrole nitrogens is 1. The highest BCUT2D eigenvalue weighted by Crippen LogP contribution is 2.31. The van der Waals surface area contributed by atoms with Crippen molar-refractivity contribution in [1.82, 2.24) is 14.9 Å². The molecule has 0 saturated carbocycles. The number of carbonyl (C=O) groups excluding carboxylic acids is 2. The number of piperidine rings is 1. The Morgan fingerprint density at radius 1 is 1.38 bits per heavy atom. The minimum atomic E-state index is -0.600. The second-order valence-electron chi connectivity index (χ2n) is 7.21. The zero-order chi connectivity index (χ0) is 20.5. The summed E-state index contributed by atoms with van der Waals surface area (Å²) in [6.07, 6.45) is 5.33. The first kappa shape index (κ1) is 19.4. The van der Waals surface area contributed by atoms with E-state index in [1.54, 1.807) is 11.0 Å². The van der Waals surface area contributed by atoms with Crippen molar-refractivity contribution < 1.29 is 18.8 Å². The maximum Gasteiger partial charge on any atom is 0.339 e. The van der Waals surface area contributed by atoms with Gasteiger partial charge in [-0.15, -0.1) is 0 Å². The Kier molecular flexibility index (Phi) is 5.23. The van der Waals surface area contributed by atoms with Crippen LogP contribution in [-0.4, -0.2) is 45.2 Å². The summed E-state index contributed by atoms with van der Waals surface area (Å²) in [5.74, 6) is -1.92. The topological polar surface area (TPSA) is 114 Å². The fourth-order valence-electron chi connectivity index (χ4n) is 3.85. The number of fused-ring (bicyclic) bond motifs is 2. The van der Waals surface area contributed by atoms with Crippen molar-refractivity contribution in [2.24, 2.45) is 16.8 Å². The standard InChI is InChI=1S/C19H19ClFN5O3/c20-12-6-15(23-7-12)17(22)25-29-19(28)11-2-4-13-3-1-10-5-16(21)24-8-14(10)18(27)26(13)9-11/h5-8,11,13,23H,1-4,9H2,(H2,22,25). The van der Waals surface area contributed by atoms with Crippen molar-refractivity contribution >= 4 is 29.3 Å². The lowest BCUT2D eigenvalue weighted by atomic mass is 9.91. The monoisotopic (exact) mass is 419 g/mol. The van der Waals surface area contributed by atoms with E-state index in [2.05, 4.69) is 15.1 Å². The SMILES string of the molecule is N/C(=N\OC(=O)C1CCC2CCc3cc(F)ncc3C(=O)N2C1)c1cc(Cl)c[nH]1. The number of amides is 1. The lowest BCUT2D eigenvalue weighted by Crippen LogP contribution is -2.48. The minimum absolute atomic E-state index is 0.00311. The normalized spacial score (nSPS) is 21.9. The molecule has 10 heteroatoms. The molecule has 3 N–H and O–H groups in total. The van der Waals surface area contributed by atoms with E-state index in [0.717, 1.165) is 0 Å². The highest BCUT2D eigenvalue weighted by Gasteiger charge is 2.38. The molecule has 4 heterocycles. The molecule has 1 amide bonds. The van der Waals surface area contributed by atoms with Crippen molar-refractivity contribution in [3.63, 3.8) is 0 Å². The van der Waals surface area contributed by atoms with E-state index in [0.29, 0.717) is 47.5 Å². The number of aromatic amines is 1. The molecule has 152 valence electrons. The molecular weight excluding hydrogens is 401 g/mol. The molecule has 0 aliphatic carbocycles. The number of nitrogens with two attached hydrogens (primary N) is 1. The third kappa shape index (κ3) is 3.95. The van der Waals surface area contributed by atoms with Gasteiger partial charge in [-0.05, 0) is 43.4 Å². The molecule has 0 spiro atoms. The van der Waals surface area contributed by atoms with Crippen LogP contribution in [-0.2, 0) is 16.1 Å². The van der Waals surface area contributed by atoms with Gasteiger partial charge in [0, 0.05) is 25.0 Å². The predicted octanol–water partition coefficient (Wildman–Crippen LogP) is 2.23. The summed E-state index contributed by atoms with van der Waals surface area (Å²) in [7, 11) is 0. The number of nitrogens with one attached hydrogen (secondary N) is 1. The van der Waals surface area contributed by atoms with Gasteiger partial charge in [-0.1, -0.05) is 16.8 Å². The second-order valence-corrected chi connectivity index (χ2v) is 7.64. The number of aryl methyl sites for hydroxylation is 1. The van der Waals surface area contributed by atoms with E-state index in [9.17, 15) is 14.0 Å². The van der Waals surface area contributed by atoms with Crippen molar-refractivity contribution in [3.8, 4) is 0 Å². The molecule has 2 aliphatic rings. The molecule has 1 saturated heterocycles. The maximum absolute atomic E-state index is 13.4. The average molecular weight is 420 g/mol. The lowest BCUT2D eigenvalue weighted by Gasteiger charge is -2.37. The third-order valence-electron chi connectivity index (χ3n) is 5.39. The number of hydrogen-bond donors (Lipinski definition) is 2. The summed E-state index contributed by atoms with van der Waals surface area (Å²) >= 11 is 5.81. The highest BCUT2D eigenvalue weighted by atomic mass is 35.5. The summed E-state index contributed by atoms with van der Waals surface area (Å²) in [4.78, 5) is 38.5. The molecule has 2 unspecified atom stereocenters. The molecule has 29 heavy (non-hydrogen) atoms. The first-order chi connectivity index (χ1) is 13.9. The fourth-order valence-corrected chi connectivity index (χ4v) is 4.01. The molecule has 2 atom stereocenters. The third-order valence-corrected chi connectivity index (χ3v) is 5.61. The van der Waals surface area contributed by atoms with Gasteiger partial charge < -0.3 is 20.5 Å². The quantitative estimate of drug-likeness (QED) is 0.260. The van der Waals surface area contributed by atoms with Gasteiger partial charge in [-0.3, -0.25) is 4.79 Å². The molecular formula is C19H19ClFN5O3. The van der Waals surface area contributed by atoms with Gasteiger partial charge in [0.1, 0.15) is 0 Å². The van der Waals surface area contributed by atoms with Crippen LogP contribution in [0.2, 0.25) is 5.02 Å². The van der Waals surface area contributed by atoms with Gasteiger partial charge >= 0.3 is 5.97 Å². The summed E-state index contributed by atoms with van der Waals surface area (Å²) in [5.41, 5.74) is 7.25. The number of pyridine rings is 1. The zero-order valence-electron chi connectivity index (χ0n) is 15.4. The van der Waals surface area contributed by atoms with E-state index >= 15 is 0 Å². The van der Waals surface area contributed by atoms with E-state index in [1.165, 1.54) is 18.5 Å². The number of carbonyl (C=O) groups is 2. The number of nitrogens with zero attached hydrogens (tertiary/aromatic N) is 3. The maximum atomic E-state index is 13.4. The Labute approximate surface area is 170 Å². The van der Waals surface area contributed by atoms with Gasteiger partial charge in [0.25, 0.3) is 5.91 Å². The fraction of sp³-hybridized carbons (Fsp3) is 0.368. The Bertz CT molecular complexity index is 992. The van der Waals surface area contributed by atoms with Crippen molar-refractivity contribution in [2.45, 2.75) is 31.7 Å². The van der Waals surface area contributed by atoms with Crippen LogP contribution in [0.5, 0.6) is 0 Å². The second kappa shape index (κ2) is 7.82. The van der Waals surface area contributed by atoms with Crippen LogP contribution in [0.4, 0.5) is 4.39 Å². The van der Waals surface area contributed by atoms with Crippen LogP contribution in [0.1, 0.15) is 40.9 Å². The van der Waals surface area contributed by atoms with Crippen molar-refractivity contribution in [3.05, 3.63) is 52.3 Å². The molecule has 0 radical (unpaired) electrons. The summed E-state index contributed by atoms with van der Waals surface area (Å²) in [6, 6.07) is 2.86. The average Bonchev–Trinajstić information content (AvgIpc) is 3.10. The van der Waals surface area contributed by atoms with Crippen LogP contribution in [0.25, 0.3) is 0 Å². The molecule has 2 aromatic rings. The Balaban J connectivity index is 1.46. The molecule has 1 fully saturated rings. The van der Waals surface area contributed by atoms with Crippen LogP contribution in [0.15, 0.2) is 29.7 Å². The minimum Gasteiger partial charge on any atom is -0.379 e. The van der Waals surface area contributed by atoms with Gasteiger partial charge in [0.05, 0.1) is 22.2 Å². The van der Waals surface area contributed by atoms with Crippen molar-refractivity contribution in [2.75, 3.05) is 6.54 Å². The predicted molar refractivity (Wildman–Crippen MR) is 103 cm³/mol. The molecule has 8 nitrogen and oxygen atoms in total. The van der Waals surface area contributed by atoms with Crippen molar-refractivity contribution in [1.29, 1.82) is 0 Å². The first-order valence-corrected chi connectivity index (χ1v) is 9.64. The molecule has 0 bridgehead atoms. The Morgan fingerprint density at radius 3 is 2.97 bits per heavy atom. The van der Waals surface area contributed by atoms with E-state index in [1.807, 2.05) is 0 Å². The Morgan fingerprint density at radius 2 is 2.21 bits per heavy atom. The number of oxime groups is 1. The molecule has 0 aromatic carbocycles. The van der Waals surface area contributed by atoms with E-state index < -0.39 is 17.8 Å².